The van der Waals surface area contributed by atoms with Gasteiger partial charge in [-0.15, -0.1) is 0 Å². The number of ether oxygens (including phenoxy) is 1. The highest BCUT2D eigenvalue weighted by atomic mass is 32.2. The van der Waals surface area contributed by atoms with Crippen LogP contribution in [0.5, 0.6) is 5.75 Å². The molecule has 2 aromatic carbocycles. The zero-order chi connectivity index (χ0) is 29.5. The Bertz CT molecular complexity index is 1840. The number of hydrogen-bond acceptors (Lipinski definition) is 13. The zero-order valence-corrected chi connectivity index (χ0v) is 21.9. The van der Waals surface area contributed by atoms with E-state index in [0.717, 1.165) is 5.41 Å². The van der Waals surface area contributed by atoms with E-state index in [1.165, 1.54) is 35.4 Å². The van der Waals surface area contributed by atoms with Crippen LogP contribution in [0.1, 0.15) is 29.4 Å². The van der Waals surface area contributed by atoms with Crippen molar-refractivity contribution in [1.82, 2.24) is 24.2 Å². The van der Waals surface area contributed by atoms with Crippen molar-refractivity contribution in [2.45, 2.75) is 37.4 Å². The Morgan fingerprint density at radius 1 is 1.12 bits per heavy atom. The molecule has 0 unspecified atom stereocenters. The molecule has 5 rings (SSSR count). The summed E-state index contributed by atoms with van der Waals surface area (Å²) in [5, 5.41) is 31.6. The number of rotatable bonds is 10. The van der Waals surface area contributed by atoms with Crippen molar-refractivity contribution in [3.05, 3.63) is 74.4 Å². The number of ketones is 1. The largest absolute Gasteiger partial charge is 0.503 e. The molecular weight excluding hydrogens is 560 g/mol. The molecule has 0 spiro atoms. The third kappa shape index (κ3) is 5.25. The Labute approximate surface area is 231 Å². The third-order valence-electron chi connectivity index (χ3n) is 6.68. The number of nitrogen functional groups attached to an aromatic ring is 1. The summed E-state index contributed by atoms with van der Waals surface area (Å²) in [4.78, 5) is 47.9. The number of hydrogen-bond donors (Lipinski definition) is 5. The van der Waals surface area contributed by atoms with Gasteiger partial charge in [-0.05, 0) is 6.42 Å². The Hall–Kier alpha value is -4.35. The van der Waals surface area contributed by atoms with Gasteiger partial charge >= 0.3 is 0 Å². The number of allylic oxidation sites excluding steroid dienone is 1. The molecule has 1 fully saturated rings. The van der Waals surface area contributed by atoms with Crippen LogP contribution >= 0.6 is 0 Å². The normalized spacial score (nSPS) is 21.3. The number of fused-ring (bicyclic) bond motifs is 1. The molecular formula is C25H24N6O9S. The molecule has 15 nitrogen and oxygen atoms in total. The topological polar surface area (TPSA) is 237 Å². The van der Waals surface area contributed by atoms with Gasteiger partial charge in [0.1, 0.15) is 30.2 Å². The minimum absolute atomic E-state index is 0.0218. The van der Waals surface area contributed by atoms with E-state index in [-0.39, 0.29) is 53.1 Å². The van der Waals surface area contributed by atoms with E-state index in [2.05, 4.69) is 19.7 Å². The standard InChI is InChI=1S/C25H24N6O9S/c26-23-17-24(28-10-27-23)31(11-29-17)25-22(37)18(33)15(40-25)9-30-41(38,39)8-4-3-7-14(32)12-5-1-2-6-13(12)16-19(34)21(36)20(16)35/h1-2,4-6,8,10-11,15,18,22,25,30,33-34,37H,3,7,9H2,(H2,26,27,28)/b8-4+/t15-,18-,22-,25-/m1/s1. The lowest BCUT2D eigenvalue weighted by Crippen LogP contribution is -2.39. The smallest absolute Gasteiger partial charge is 0.268 e. The maximum absolute atomic E-state index is 12.7. The molecule has 16 heteroatoms. The summed E-state index contributed by atoms with van der Waals surface area (Å²) >= 11 is 0. The highest BCUT2D eigenvalue weighted by Crippen LogP contribution is 2.32. The quantitative estimate of drug-likeness (QED) is 0.112. The van der Waals surface area contributed by atoms with Crippen LogP contribution in [0, 0.1) is 0 Å². The maximum atomic E-state index is 12.7. The van der Waals surface area contributed by atoms with Gasteiger partial charge in [0.25, 0.3) is 5.43 Å². The number of nitrogens with one attached hydrogen (secondary N) is 1. The SMILES string of the molecule is Nc1ncnc2c1ncn2[C@@H]1O[C@H](CNS(=O)(=O)/C=C/CCC(=O)c2ccccc2-c2c(O)c(=O)c2=O)[C@@H](O)[C@H]1O. The number of aliphatic hydroxyl groups excluding tert-OH is 2. The van der Waals surface area contributed by atoms with Gasteiger partial charge in [0.05, 0.1) is 11.9 Å². The van der Waals surface area contributed by atoms with Crippen LogP contribution < -0.4 is 21.3 Å². The van der Waals surface area contributed by atoms with Crippen molar-refractivity contribution in [2.75, 3.05) is 12.3 Å². The molecule has 0 bridgehead atoms. The zero-order valence-electron chi connectivity index (χ0n) is 21.1. The molecule has 41 heavy (non-hydrogen) atoms. The van der Waals surface area contributed by atoms with Gasteiger partial charge in [-0.1, -0.05) is 30.3 Å². The van der Waals surface area contributed by atoms with Crippen LogP contribution in [0.4, 0.5) is 5.82 Å². The molecule has 0 radical (unpaired) electrons. The first kappa shape index (κ1) is 28.2. The average Bonchev–Trinajstić information content (AvgIpc) is 3.51. The van der Waals surface area contributed by atoms with E-state index in [1.807, 2.05) is 0 Å². The lowest BCUT2D eigenvalue weighted by Gasteiger charge is -2.16. The number of Topliss-reactive ketones (excluding diaryl/α,β-unsaturated/α-hetero) is 1. The van der Waals surface area contributed by atoms with E-state index >= 15 is 0 Å². The van der Waals surface area contributed by atoms with Crippen LogP contribution in [-0.2, 0) is 14.8 Å². The molecule has 4 aromatic rings. The Morgan fingerprint density at radius 2 is 1.88 bits per heavy atom. The van der Waals surface area contributed by atoms with Crippen LogP contribution in [-0.4, -0.2) is 73.9 Å². The van der Waals surface area contributed by atoms with Crippen molar-refractivity contribution >= 4 is 32.8 Å². The molecule has 4 atom stereocenters. The van der Waals surface area contributed by atoms with Crippen molar-refractivity contribution in [2.24, 2.45) is 0 Å². The number of aliphatic hydroxyl groups is 2. The summed E-state index contributed by atoms with van der Waals surface area (Å²) < 4.78 is 34.3. The first-order valence-corrected chi connectivity index (χ1v) is 13.8. The number of sulfonamides is 1. The van der Waals surface area contributed by atoms with E-state index < -0.39 is 57.0 Å². The second-order valence-electron chi connectivity index (χ2n) is 9.28. The molecule has 1 aliphatic rings. The number of nitrogens with two attached hydrogens (primary N) is 1. The van der Waals surface area contributed by atoms with Gasteiger partial charge in [-0.3, -0.25) is 19.0 Å². The first-order chi connectivity index (χ1) is 19.5. The minimum atomic E-state index is -4.01. The number of carbonyl (C=O) groups excluding carboxylic acids is 1. The lowest BCUT2D eigenvalue weighted by atomic mass is 9.92. The maximum Gasteiger partial charge on any atom is 0.268 e. The molecule has 3 heterocycles. The molecule has 2 aromatic heterocycles. The predicted octanol–water partition coefficient (Wildman–Crippen LogP) is -0.907. The second kappa shape index (κ2) is 10.9. The molecule has 214 valence electrons. The van der Waals surface area contributed by atoms with Crippen molar-refractivity contribution in [3.63, 3.8) is 0 Å². The number of anilines is 1. The van der Waals surface area contributed by atoms with Gasteiger partial charge in [0, 0.05) is 29.5 Å². The lowest BCUT2D eigenvalue weighted by molar-refractivity contribution is -0.0329. The molecule has 0 aliphatic carbocycles. The van der Waals surface area contributed by atoms with Gasteiger partial charge in [-0.2, -0.15) is 0 Å². The minimum Gasteiger partial charge on any atom is -0.503 e. The average molecular weight is 585 g/mol. The van der Waals surface area contributed by atoms with Gasteiger partial charge < -0.3 is 25.8 Å². The first-order valence-electron chi connectivity index (χ1n) is 12.3. The number of imidazole rings is 1. The number of aromatic hydroxyl groups is 1. The monoisotopic (exact) mass is 584 g/mol. The summed E-state index contributed by atoms with van der Waals surface area (Å²) in [6, 6.07) is 5.99. The summed E-state index contributed by atoms with van der Waals surface area (Å²) in [6.45, 7) is -0.372. The van der Waals surface area contributed by atoms with Gasteiger partial charge in [0.15, 0.2) is 29.2 Å². The van der Waals surface area contributed by atoms with E-state index in [9.17, 15) is 38.1 Å². The number of aromatic nitrogens is 4. The van der Waals surface area contributed by atoms with Crippen molar-refractivity contribution in [3.8, 4) is 16.9 Å². The predicted molar refractivity (Wildman–Crippen MR) is 144 cm³/mol. The van der Waals surface area contributed by atoms with Crippen molar-refractivity contribution < 1.29 is 33.3 Å². The van der Waals surface area contributed by atoms with Gasteiger partial charge in [0.2, 0.25) is 15.5 Å². The van der Waals surface area contributed by atoms with E-state index in [1.54, 1.807) is 12.1 Å². The van der Waals surface area contributed by atoms with Crippen LogP contribution in [0.25, 0.3) is 22.3 Å². The number of nitrogens with zero attached hydrogens (tertiary/aromatic N) is 4. The fraction of sp³-hybridized carbons (Fsp3) is 0.280. The van der Waals surface area contributed by atoms with Crippen LogP contribution in [0.15, 0.2) is 58.0 Å². The summed E-state index contributed by atoms with van der Waals surface area (Å²) in [5.41, 5.74) is 4.44. The van der Waals surface area contributed by atoms with Gasteiger partial charge in [-0.25, -0.2) is 28.1 Å². The van der Waals surface area contributed by atoms with E-state index in [0.29, 0.717) is 0 Å². The Balaban J connectivity index is 1.17. The molecule has 0 saturated carbocycles. The Kier molecular flexibility index (Phi) is 7.50. The van der Waals surface area contributed by atoms with Crippen molar-refractivity contribution in [1.29, 1.82) is 0 Å². The van der Waals surface area contributed by atoms with Crippen LogP contribution in [0.2, 0.25) is 0 Å². The Morgan fingerprint density at radius 3 is 2.63 bits per heavy atom. The van der Waals surface area contributed by atoms with E-state index in [4.69, 9.17) is 10.5 Å². The summed E-state index contributed by atoms with van der Waals surface area (Å²) in [7, 11) is -4.01. The highest BCUT2D eigenvalue weighted by Gasteiger charge is 2.44. The number of carbonyl (C=O) groups is 1. The van der Waals surface area contributed by atoms with Crippen LogP contribution in [0.3, 0.4) is 0 Å². The molecule has 1 saturated heterocycles. The molecule has 1 aliphatic heterocycles. The third-order valence-corrected chi connectivity index (χ3v) is 7.80. The molecule has 0 amide bonds. The fourth-order valence-electron chi connectivity index (χ4n) is 4.55. The summed E-state index contributed by atoms with van der Waals surface area (Å²) in [5.74, 6) is -1.00. The molecule has 6 N–H and O–H groups in total. The fourth-order valence-corrected chi connectivity index (χ4v) is 5.43. The highest BCUT2D eigenvalue weighted by molar-refractivity contribution is 7.92. The summed E-state index contributed by atoms with van der Waals surface area (Å²) in [6.07, 6.45) is -1.41. The second-order valence-corrected chi connectivity index (χ2v) is 10.9. The number of benzene rings is 1.